The lowest BCUT2D eigenvalue weighted by atomic mass is 9.92. The SMILES string of the molecule is C[C@@H]1Cc2ccccc2CN1C(=O)c1cc2c(cc1-c1cc(C(=O)N(C)c3ccc(O)cc3)c3n1CCCC3)CN(C(=O)Cc1csc(-c3cnccn3)n1)C2. The fraction of sp³-hybridized carbons (Fsp3) is 0.273. The third kappa shape index (κ3) is 6.53. The lowest BCUT2D eigenvalue weighted by molar-refractivity contribution is -0.131. The molecule has 3 aromatic heterocycles. The Balaban J connectivity index is 1.08. The number of carbonyl (C=O) groups excluding carboxylic acids is 3. The lowest BCUT2D eigenvalue weighted by Crippen LogP contribution is -2.42. The molecule has 11 nitrogen and oxygen atoms in total. The van der Waals surface area contributed by atoms with Crippen LogP contribution in [0.2, 0.25) is 0 Å². The van der Waals surface area contributed by atoms with E-state index in [2.05, 4.69) is 44.6 Å². The minimum Gasteiger partial charge on any atom is -0.508 e. The summed E-state index contributed by atoms with van der Waals surface area (Å²) in [4.78, 5) is 61.5. The summed E-state index contributed by atoms with van der Waals surface area (Å²) in [7, 11) is 1.75. The molecule has 0 bridgehead atoms. The predicted molar refractivity (Wildman–Crippen MR) is 214 cm³/mol. The normalized spacial score (nSPS) is 15.9. The van der Waals surface area contributed by atoms with E-state index >= 15 is 0 Å². The van der Waals surface area contributed by atoms with Gasteiger partial charge in [-0.1, -0.05) is 24.3 Å². The Bertz CT molecular complexity index is 2490. The van der Waals surface area contributed by atoms with E-state index in [1.54, 1.807) is 54.8 Å². The van der Waals surface area contributed by atoms with E-state index in [0.717, 1.165) is 70.9 Å². The highest BCUT2D eigenvalue weighted by Crippen LogP contribution is 2.39. The van der Waals surface area contributed by atoms with Crippen molar-refractivity contribution in [3.8, 4) is 27.7 Å². The molecule has 6 heterocycles. The Morgan fingerprint density at radius 3 is 2.48 bits per heavy atom. The summed E-state index contributed by atoms with van der Waals surface area (Å²) in [5, 5.41) is 12.5. The maximum atomic E-state index is 14.9. The first-order chi connectivity index (χ1) is 27.2. The number of carbonyl (C=O) groups is 3. The number of phenolic OH excluding ortho intramolecular Hbond substituents is 1. The van der Waals surface area contributed by atoms with Crippen LogP contribution in [0.4, 0.5) is 5.69 Å². The highest BCUT2D eigenvalue weighted by atomic mass is 32.1. The Morgan fingerprint density at radius 2 is 1.70 bits per heavy atom. The molecule has 12 heteroatoms. The fourth-order valence-corrected chi connectivity index (χ4v) is 9.14. The Morgan fingerprint density at radius 1 is 0.911 bits per heavy atom. The van der Waals surface area contributed by atoms with E-state index < -0.39 is 0 Å². The summed E-state index contributed by atoms with van der Waals surface area (Å²) in [6, 6.07) is 20.9. The van der Waals surface area contributed by atoms with Crippen molar-refractivity contribution in [2.75, 3.05) is 11.9 Å². The van der Waals surface area contributed by atoms with Crippen molar-refractivity contribution in [1.82, 2.24) is 29.3 Å². The standard InChI is InChI=1S/C44H41N7O4S/c1-27-17-28-7-3-4-8-29(28)25-51(27)44(55)36-19-31-24-49(41(53)20-32-26-56-42(47-32)38-22-45-14-15-46-38)23-30(31)18-35(36)40-21-37(39-9-5-6-16-50(39)40)43(54)48(2)33-10-12-34(52)13-11-33/h3-4,7-8,10-15,18-19,21-22,26-27,52H,5-6,9,16-17,20,23-25H2,1-2H3/t27-/m1/s1. The largest absolute Gasteiger partial charge is 0.508 e. The van der Waals surface area contributed by atoms with Gasteiger partial charge in [-0.3, -0.25) is 24.4 Å². The number of aromatic hydroxyl groups is 1. The van der Waals surface area contributed by atoms with Crippen LogP contribution in [0, 0.1) is 0 Å². The topological polar surface area (TPSA) is 125 Å². The van der Waals surface area contributed by atoms with Crippen molar-refractivity contribution in [1.29, 1.82) is 0 Å². The van der Waals surface area contributed by atoms with Gasteiger partial charge >= 0.3 is 0 Å². The Kier molecular flexibility index (Phi) is 9.21. The van der Waals surface area contributed by atoms with E-state index in [1.807, 2.05) is 39.4 Å². The number of rotatable bonds is 7. The number of aromatic nitrogens is 4. The maximum absolute atomic E-state index is 14.9. The Labute approximate surface area is 328 Å². The van der Waals surface area contributed by atoms with Crippen LogP contribution in [-0.2, 0) is 50.2 Å². The fourth-order valence-electron chi connectivity index (χ4n) is 8.36. The summed E-state index contributed by atoms with van der Waals surface area (Å²) in [6.07, 6.45) is 8.49. The zero-order chi connectivity index (χ0) is 38.5. The summed E-state index contributed by atoms with van der Waals surface area (Å²) < 4.78 is 2.23. The van der Waals surface area contributed by atoms with E-state index in [4.69, 9.17) is 0 Å². The van der Waals surface area contributed by atoms with Gasteiger partial charge in [0.25, 0.3) is 11.8 Å². The monoisotopic (exact) mass is 763 g/mol. The van der Waals surface area contributed by atoms with Crippen LogP contribution < -0.4 is 4.90 Å². The van der Waals surface area contributed by atoms with Crippen LogP contribution in [0.5, 0.6) is 5.75 Å². The molecule has 3 aliphatic heterocycles. The number of hydrogen-bond donors (Lipinski definition) is 1. The van der Waals surface area contributed by atoms with Crippen molar-refractivity contribution in [2.24, 2.45) is 0 Å². The smallest absolute Gasteiger partial charge is 0.259 e. The molecule has 9 rings (SSSR count). The number of fused-ring (bicyclic) bond motifs is 3. The number of phenols is 1. The van der Waals surface area contributed by atoms with Crippen LogP contribution in [0.25, 0.3) is 22.0 Å². The first-order valence-electron chi connectivity index (χ1n) is 19.0. The lowest BCUT2D eigenvalue weighted by Gasteiger charge is -2.35. The van der Waals surface area contributed by atoms with Gasteiger partial charge in [-0.15, -0.1) is 11.3 Å². The van der Waals surface area contributed by atoms with E-state index in [1.165, 1.54) is 16.9 Å². The average Bonchev–Trinajstić information content (AvgIpc) is 3.97. The van der Waals surface area contributed by atoms with Crippen LogP contribution in [0.3, 0.4) is 0 Å². The highest BCUT2D eigenvalue weighted by molar-refractivity contribution is 7.13. The molecule has 0 spiro atoms. The van der Waals surface area contributed by atoms with Crippen molar-refractivity contribution < 1.29 is 19.5 Å². The van der Waals surface area contributed by atoms with Crippen LogP contribution in [0.15, 0.2) is 90.7 Å². The van der Waals surface area contributed by atoms with Gasteiger partial charge < -0.3 is 24.4 Å². The van der Waals surface area contributed by atoms with Gasteiger partial charge in [0, 0.05) is 85.2 Å². The third-order valence-corrected chi connectivity index (χ3v) is 12.3. The number of anilines is 1. The zero-order valence-electron chi connectivity index (χ0n) is 31.3. The van der Waals surface area contributed by atoms with Gasteiger partial charge in [0.1, 0.15) is 16.5 Å². The highest BCUT2D eigenvalue weighted by Gasteiger charge is 2.34. The molecule has 0 radical (unpaired) electrons. The molecular formula is C44H41N7O4S. The van der Waals surface area contributed by atoms with Crippen LogP contribution in [0.1, 0.15) is 74.1 Å². The maximum Gasteiger partial charge on any atom is 0.259 e. The molecule has 1 N–H and O–H groups in total. The molecule has 0 fully saturated rings. The van der Waals surface area contributed by atoms with Crippen molar-refractivity contribution in [2.45, 2.75) is 71.2 Å². The molecule has 0 unspecified atom stereocenters. The summed E-state index contributed by atoms with van der Waals surface area (Å²) in [5.74, 6) is -0.120. The average molecular weight is 764 g/mol. The van der Waals surface area contributed by atoms with Gasteiger partial charge in [0.05, 0.1) is 23.9 Å². The van der Waals surface area contributed by atoms with E-state index in [-0.39, 0.29) is 35.9 Å². The number of hydrogen-bond acceptors (Lipinski definition) is 8. The molecule has 56 heavy (non-hydrogen) atoms. The molecule has 0 saturated carbocycles. The summed E-state index contributed by atoms with van der Waals surface area (Å²) in [5.41, 5.74) is 10.1. The molecule has 1 atom stereocenters. The minimum atomic E-state index is -0.149. The van der Waals surface area contributed by atoms with Crippen LogP contribution >= 0.6 is 11.3 Å². The predicted octanol–water partition coefficient (Wildman–Crippen LogP) is 7.06. The molecular weight excluding hydrogens is 723 g/mol. The first-order valence-corrected chi connectivity index (χ1v) is 19.9. The minimum absolute atomic E-state index is 0.0150. The molecule has 3 aliphatic rings. The molecule has 0 aliphatic carbocycles. The molecule has 3 amide bonds. The summed E-state index contributed by atoms with van der Waals surface area (Å²) >= 11 is 1.44. The second-order valence-electron chi connectivity index (χ2n) is 15.0. The van der Waals surface area contributed by atoms with Gasteiger partial charge in [0.15, 0.2) is 0 Å². The molecule has 3 aromatic carbocycles. The molecule has 0 saturated heterocycles. The second kappa shape index (κ2) is 14.5. The van der Waals surface area contributed by atoms with E-state index in [0.29, 0.717) is 47.8 Å². The van der Waals surface area contributed by atoms with Crippen LogP contribution in [-0.4, -0.2) is 65.2 Å². The zero-order valence-corrected chi connectivity index (χ0v) is 32.1. The number of nitrogens with zero attached hydrogens (tertiary/aromatic N) is 7. The van der Waals surface area contributed by atoms with Gasteiger partial charge in [-0.25, -0.2) is 4.98 Å². The van der Waals surface area contributed by atoms with Gasteiger partial charge in [0.2, 0.25) is 5.91 Å². The third-order valence-electron chi connectivity index (χ3n) is 11.4. The van der Waals surface area contributed by atoms with Crippen molar-refractivity contribution in [3.63, 3.8) is 0 Å². The number of amides is 3. The molecule has 282 valence electrons. The first kappa shape index (κ1) is 35.6. The van der Waals surface area contributed by atoms with Crippen molar-refractivity contribution in [3.05, 3.63) is 135 Å². The van der Waals surface area contributed by atoms with Gasteiger partial charge in [-0.05, 0) is 97.3 Å². The second-order valence-corrected chi connectivity index (χ2v) is 15.8. The van der Waals surface area contributed by atoms with Crippen molar-refractivity contribution >= 4 is 34.7 Å². The number of thiazole rings is 1. The quantitative estimate of drug-likeness (QED) is 0.185. The summed E-state index contributed by atoms with van der Waals surface area (Å²) in [6.45, 7) is 4.14. The Hall–Kier alpha value is -6.14. The van der Waals surface area contributed by atoms with Gasteiger partial charge in [-0.2, -0.15) is 0 Å². The van der Waals surface area contributed by atoms with E-state index in [9.17, 15) is 19.5 Å². The molecule has 6 aromatic rings. The number of benzene rings is 3.